The van der Waals surface area contributed by atoms with Gasteiger partial charge in [-0.2, -0.15) is 0 Å². The van der Waals surface area contributed by atoms with Crippen molar-refractivity contribution in [3.63, 3.8) is 0 Å². The maximum atomic E-state index is 10.6. The lowest BCUT2D eigenvalue weighted by molar-refractivity contribution is -0.387. The SMILES string of the molecule is COc1cc(SO)c([N+](=O)[O-])cc1OC. The molecule has 82 valence electrons. The average molecular weight is 231 g/mol. The van der Waals surface area contributed by atoms with E-state index in [1.165, 1.54) is 26.4 Å². The molecule has 7 heteroatoms. The largest absolute Gasteiger partial charge is 0.493 e. The van der Waals surface area contributed by atoms with Gasteiger partial charge in [0.2, 0.25) is 0 Å². The quantitative estimate of drug-likeness (QED) is 0.486. The molecular weight excluding hydrogens is 222 g/mol. The molecule has 0 saturated heterocycles. The van der Waals surface area contributed by atoms with Gasteiger partial charge in [-0.05, 0) is 0 Å². The number of rotatable bonds is 4. The lowest BCUT2D eigenvalue weighted by Gasteiger charge is -2.08. The monoisotopic (exact) mass is 231 g/mol. The smallest absolute Gasteiger partial charge is 0.289 e. The van der Waals surface area contributed by atoms with Crippen LogP contribution in [0.4, 0.5) is 5.69 Å². The van der Waals surface area contributed by atoms with E-state index in [0.717, 1.165) is 0 Å². The Morgan fingerprint density at radius 2 is 1.87 bits per heavy atom. The van der Waals surface area contributed by atoms with Gasteiger partial charge in [-0.3, -0.25) is 10.1 Å². The second-order valence-electron chi connectivity index (χ2n) is 2.52. The van der Waals surface area contributed by atoms with Crippen LogP contribution in [0.2, 0.25) is 0 Å². The third-order valence-corrected chi connectivity index (χ3v) is 2.28. The molecule has 0 bridgehead atoms. The Morgan fingerprint density at radius 1 is 1.33 bits per heavy atom. The van der Waals surface area contributed by atoms with Crippen molar-refractivity contribution in [1.82, 2.24) is 0 Å². The highest BCUT2D eigenvalue weighted by atomic mass is 32.2. The van der Waals surface area contributed by atoms with Gasteiger partial charge in [-0.25, -0.2) is 0 Å². The summed E-state index contributed by atoms with van der Waals surface area (Å²) in [6.45, 7) is 0. The number of hydrogen-bond donors (Lipinski definition) is 1. The van der Waals surface area contributed by atoms with Crippen LogP contribution in [0.5, 0.6) is 11.5 Å². The van der Waals surface area contributed by atoms with E-state index in [-0.39, 0.29) is 16.3 Å². The van der Waals surface area contributed by atoms with Crippen LogP contribution >= 0.6 is 12.0 Å². The number of nitro benzene ring substituents is 1. The van der Waals surface area contributed by atoms with E-state index in [9.17, 15) is 10.1 Å². The van der Waals surface area contributed by atoms with Crippen LogP contribution in [0, 0.1) is 10.1 Å². The Kier molecular flexibility index (Phi) is 3.75. The molecule has 0 spiro atoms. The van der Waals surface area contributed by atoms with Crippen molar-refractivity contribution in [3.05, 3.63) is 22.2 Å². The van der Waals surface area contributed by atoms with E-state index in [1.54, 1.807) is 0 Å². The van der Waals surface area contributed by atoms with Crippen molar-refractivity contribution in [2.75, 3.05) is 14.2 Å². The molecule has 0 atom stereocenters. The zero-order valence-electron chi connectivity index (χ0n) is 8.09. The van der Waals surface area contributed by atoms with E-state index in [0.29, 0.717) is 17.8 Å². The maximum Gasteiger partial charge on any atom is 0.289 e. The van der Waals surface area contributed by atoms with E-state index >= 15 is 0 Å². The summed E-state index contributed by atoms with van der Waals surface area (Å²) in [7, 11) is 2.79. The summed E-state index contributed by atoms with van der Waals surface area (Å²) >= 11 is 0.295. The lowest BCUT2D eigenvalue weighted by Crippen LogP contribution is -1.95. The summed E-state index contributed by atoms with van der Waals surface area (Å²) < 4.78 is 18.7. The summed E-state index contributed by atoms with van der Waals surface area (Å²) in [5.41, 5.74) is -0.222. The Bertz CT molecular complexity index is 382. The molecule has 1 aromatic rings. The van der Waals surface area contributed by atoms with Gasteiger partial charge in [0, 0.05) is 18.1 Å². The summed E-state index contributed by atoms with van der Waals surface area (Å²) in [4.78, 5) is 10.1. The Morgan fingerprint density at radius 3 is 2.27 bits per heavy atom. The van der Waals surface area contributed by atoms with Gasteiger partial charge in [0.15, 0.2) is 11.5 Å². The zero-order valence-corrected chi connectivity index (χ0v) is 8.91. The predicted molar refractivity (Wildman–Crippen MR) is 54.7 cm³/mol. The normalized spacial score (nSPS) is 9.80. The van der Waals surface area contributed by atoms with Gasteiger partial charge in [-0.1, -0.05) is 0 Å². The van der Waals surface area contributed by atoms with Crippen LogP contribution in [0.3, 0.4) is 0 Å². The number of nitrogens with zero attached hydrogens (tertiary/aromatic N) is 1. The van der Waals surface area contributed by atoms with Gasteiger partial charge < -0.3 is 14.0 Å². The fourth-order valence-corrected chi connectivity index (χ4v) is 1.45. The van der Waals surface area contributed by atoms with Gasteiger partial charge in [0.25, 0.3) is 5.69 Å². The minimum absolute atomic E-state index is 0.109. The first-order valence-electron chi connectivity index (χ1n) is 3.85. The topological polar surface area (TPSA) is 81.8 Å². The molecular formula is C8H9NO5S. The van der Waals surface area contributed by atoms with E-state index in [1.807, 2.05) is 0 Å². The number of methoxy groups -OCH3 is 2. The summed E-state index contributed by atoms with van der Waals surface area (Å²) in [5.74, 6) is 0.585. The minimum atomic E-state index is -0.597. The molecule has 0 aliphatic carbocycles. The fraction of sp³-hybridized carbons (Fsp3) is 0.250. The van der Waals surface area contributed by atoms with Crippen molar-refractivity contribution < 1.29 is 18.9 Å². The van der Waals surface area contributed by atoms with Gasteiger partial charge >= 0.3 is 0 Å². The first kappa shape index (κ1) is 11.6. The van der Waals surface area contributed by atoms with Crippen molar-refractivity contribution in [2.45, 2.75) is 4.90 Å². The number of benzene rings is 1. The molecule has 0 amide bonds. The number of ether oxygens (including phenoxy) is 2. The summed E-state index contributed by atoms with van der Waals surface area (Å²) in [6.07, 6.45) is 0. The third-order valence-electron chi connectivity index (χ3n) is 1.76. The predicted octanol–water partition coefficient (Wildman–Crippen LogP) is 2.18. The van der Waals surface area contributed by atoms with Gasteiger partial charge in [0.1, 0.15) is 4.90 Å². The molecule has 0 aromatic heterocycles. The molecule has 1 rings (SSSR count). The molecule has 0 unspecified atom stereocenters. The van der Waals surface area contributed by atoms with Crippen LogP contribution in [0.25, 0.3) is 0 Å². The standard InChI is InChI=1S/C8H9NO5S/c1-13-6-3-5(9(10)11)8(15-12)4-7(6)14-2/h3-4,12H,1-2H3. The van der Waals surface area contributed by atoms with Crippen LogP contribution < -0.4 is 9.47 Å². The number of nitro groups is 1. The van der Waals surface area contributed by atoms with E-state index < -0.39 is 4.92 Å². The zero-order chi connectivity index (χ0) is 11.4. The molecule has 0 radical (unpaired) electrons. The van der Waals surface area contributed by atoms with Crippen LogP contribution in [0.15, 0.2) is 17.0 Å². The number of hydrogen-bond acceptors (Lipinski definition) is 6. The van der Waals surface area contributed by atoms with Gasteiger partial charge in [0.05, 0.1) is 25.2 Å². The highest BCUT2D eigenvalue weighted by molar-refractivity contribution is 7.94. The third kappa shape index (κ3) is 2.31. The molecule has 0 saturated carbocycles. The molecule has 0 aliphatic heterocycles. The van der Waals surface area contributed by atoms with E-state index in [2.05, 4.69) is 0 Å². The van der Waals surface area contributed by atoms with E-state index in [4.69, 9.17) is 14.0 Å². The lowest BCUT2D eigenvalue weighted by atomic mass is 10.3. The van der Waals surface area contributed by atoms with Crippen molar-refractivity contribution in [2.24, 2.45) is 0 Å². The Hall–Kier alpha value is -1.47. The summed E-state index contributed by atoms with van der Waals surface area (Å²) in [6, 6.07) is 2.55. The first-order valence-corrected chi connectivity index (χ1v) is 4.63. The molecule has 1 N–H and O–H groups in total. The van der Waals surface area contributed by atoms with Crippen molar-refractivity contribution in [3.8, 4) is 11.5 Å². The molecule has 0 heterocycles. The van der Waals surface area contributed by atoms with Crippen LogP contribution in [-0.4, -0.2) is 23.7 Å². The highest BCUT2D eigenvalue weighted by Gasteiger charge is 2.19. The first-order chi connectivity index (χ1) is 7.13. The maximum absolute atomic E-state index is 10.6. The van der Waals surface area contributed by atoms with Crippen LogP contribution in [-0.2, 0) is 0 Å². The second kappa shape index (κ2) is 4.85. The van der Waals surface area contributed by atoms with Crippen molar-refractivity contribution >= 4 is 17.7 Å². The molecule has 0 aliphatic rings. The second-order valence-corrected chi connectivity index (χ2v) is 3.15. The van der Waals surface area contributed by atoms with Crippen LogP contribution in [0.1, 0.15) is 0 Å². The Balaban J connectivity index is 3.34. The van der Waals surface area contributed by atoms with Crippen molar-refractivity contribution in [1.29, 1.82) is 0 Å². The summed E-state index contributed by atoms with van der Waals surface area (Å²) in [5, 5.41) is 10.6. The Labute approximate surface area is 90.2 Å². The fourth-order valence-electron chi connectivity index (χ4n) is 1.07. The molecule has 6 nitrogen and oxygen atoms in total. The highest BCUT2D eigenvalue weighted by Crippen LogP contribution is 2.38. The van der Waals surface area contributed by atoms with Gasteiger partial charge in [-0.15, -0.1) is 0 Å². The molecule has 0 fully saturated rings. The molecule has 1 aromatic carbocycles. The molecule has 15 heavy (non-hydrogen) atoms. The minimum Gasteiger partial charge on any atom is -0.493 e. The average Bonchev–Trinajstić information content (AvgIpc) is 2.26.